The first-order chi connectivity index (χ1) is 10.1. The van der Waals surface area contributed by atoms with Crippen LogP contribution in [0.2, 0.25) is 0 Å². The number of fused-ring (bicyclic) bond motifs is 1. The predicted octanol–water partition coefficient (Wildman–Crippen LogP) is 2.48. The molecule has 0 saturated carbocycles. The molecule has 2 aromatic rings. The Balaban J connectivity index is 2.02. The van der Waals surface area contributed by atoms with Gasteiger partial charge in [-0.3, -0.25) is 9.69 Å². The number of aryl methyl sites for hydroxylation is 1. The summed E-state index contributed by atoms with van der Waals surface area (Å²) in [6.45, 7) is 2.38. The lowest BCUT2D eigenvalue weighted by Gasteiger charge is -2.08. The molecular formula is C16H17N3O2. The molecule has 21 heavy (non-hydrogen) atoms. The van der Waals surface area contributed by atoms with Crippen LogP contribution in [0.15, 0.2) is 36.2 Å². The second-order valence-corrected chi connectivity index (χ2v) is 5.16. The number of nitrogens with one attached hydrogen (secondary N) is 1. The van der Waals surface area contributed by atoms with E-state index in [0.717, 1.165) is 22.9 Å². The van der Waals surface area contributed by atoms with Crippen molar-refractivity contribution in [3.63, 3.8) is 0 Å². The van der Waals surface area contributed by atoms with Crippen molar-refractivity contribution in [2.24, 2.45) is 7.05 Å². The topological polar surface area (TPSA) is 54.3 Å². The Morgan fingerprint density at radius 2 is 2.00 bits per heavy atom. The number of rotatable bonds is 3. The van der Waals surface area contributed by atoms with Crippen molar-refractivity contribution in [2.75, 3.05) is 6.54 Å². The van der Waals surface area contributed by atoms with E-state index in [1.807, 2.05) is 49.0 Å². The van der Waals surface area contributed by atoms with E-state index in [4.69, 9.17) is 0 Å². The van der Waals surface area contributed by atoms with Crippen LogP contribution in [0.4, 0.5) is 4.79 Å². The zero-order valence-corrected chi connectivity index (χ0v) is 12.1. The SMILES string of the molecule is CCCN1C(=O)N/C(=C\c2cn(C)c3ccccc23)C1=O. The summed E-state index contributed by atoms with van der Waals surface area (Å²) in [5.74, 6) is -0.255. The van der Waals surface area contributed by atoms with Crippen molar-refractivity contribution in [1.29, 1.82) is 0 Å². The molecule has 108 valence electrons. The highest BCUT2D eigenvalue weighted by atomic mass is 16.2. The van der Waals surface area contributed by atoms with E-state index in [1.165, 1.54) is 4.90 Å². The average Bonchev–Trinajstić information content (AvgIpc) is 2.93. The third-order valence-electron chi connectivity index (χ3n) is 3.64. The highest BCUT2D eigenvalue weighted by molar-refractivity contribution is 6.14. The van der Waals surface area contributed by atoms with Crippen LogP contribution in [-0.2, 0) is 11.8 Å². The Morgan fingerprint density at radius 3 is 2.76 bits per heavy atom. The molecule has 1 fully saturated rings. The van der Waals surface area contributed by atoms with E-state index in [9.17, 15) is 9.59 Å². The molecule has 0 radical (unpaired) electrons. The highest BCUT2D eigenvalue weighted by Gasteiger charge is 2.32. The minimum absolute atomic E-state index is 0.255. The number of hydrogen-bond acceptors (Lipinski definition) is 2. The predicted molar refractivity (Wildman–Crippen MR) is 81.4 cm³/mol. The smallest absolute Gasteiger partial charge is 0.329 e. The summed E-state index contributed by atoms with van der Waals surface area (Å²) in [5, 5.41) is 3.71. The summed E-state index contributed by atoms with van der Waals surface area (Å²) in [5.41, 5.74) is 2.35. The summed E-state index contributed by atoms with van der Waals surface area (Å²) in [6.07, 6.45) is 4.46. The minimum Gasteiger partial charge on any atom is -0.350 e. The average molecular weight is 283 g/mol. The van der Waals surface area contributed by atoms with Crippen molar-refractivity contribution >= 4 is 28.9 Å². The van der Waals surface area contributed by atoms with Crippen molar-refractivity contribution in [1.82, 2.24) is 14.8 Å². The van der Waals surface area contributed by atoms with Crippen molar-refractivity contribution in [2.45, 2.75) is 13.3 Å². The summed E-state index contributed by atoms with van der Waals surface area (Å²) in [4.78, 5) is 25.3. The molecule has 1 aliphatic rings. The molecule has 0 atom stereocenters. The van der Waals surface area contributed by atoms with Gasteiger partial charge in [0.05, 0.1) is 0 Å². The first-order valence-electron chi connectivity index (χ1n) is 7.00. The Bertz CT molecular complexity index is 758. The molecule has 1 aromatic heterocycles. The van der Waals surface area contributed by atoms with Crippen LogP contribution in [0, 0.1) is 0 Å². The van der Waals surface area contributed by atoms with Crippen LogP contribution in [0.3, 0.4) is 0 Å². The Kier molecular flexibility index (Phi) is 3.25. The standard InChI is InChI=1S/C16H17N3O2/c1-3-8-19-15(20)13(17-16(19)21)9-11-10-18(2)14-7-5-4-6-12(11)14/h4-7,9-10H,3,8H2,1-2H3,(H,17,21)/b13-9-. The van der Waals surface area contributed by atoms with Gasteiger partial charge in [0.1, 0.15) is 5.70 Å². The number of carbonyl (C=O) groups is 2. The number of amides is 3. The van der Waals surface area contributed by atoms with Crippen molar-refractivity contribution in [3.8, 4) is 0 Å². The summed E-state index contributed by atoms with van der Waals surface area (Å²) >= 11 is 0. The number of imide groups is 1. The number of hydrogen-bond donors (Lipinski definition) is 1. The van der Waals surface area contributed by atoms with Gasteiger partial charge >= 0.3 is 6.03 Å². The number of nitrogens with zero attached hydrogens (tertiary/aromatic N) is 2. The molecule has 5 nitrogen and oxygen atoms in total. The first-order valence-corrected chi connectivity index (χ1v) is 7.00. The molecular weight excluding hydrogens is 266 g/mol. The second kappa shape index (κ2) is 5.09. The number of para-hydroxylation sites is 1. The summed E-state index contributed by atoms with van der Waals surface area (Å²) in [7, 11) is 1.96. The van der Waals surface area contributed by atoms with Gasteiger partial charge in [-0.15, -0.1) is 0 Å². The lowest BCUT2D eigenvalue weighted by Crippen LogP contribution is -2.31. The first kappa shape index (κ1) is 13.4. The molecule has 3 amide bonds. The zero-order valence-electron chi connectivity index (χ0n) is 12.1. The van der Waals surface area contributed by atoms with Gasteiger partial charge in [-0.05, 0) is 18.6 Å². The van der Waals surface area contributed by atoms with E-state index in [1.54, 1.807) is 6.08 Å². The monoisotopic (exact) mass is 283 g/mol. The van der Waals surface area contributed by atoms with E-state index in [2.05, 4.69) is 5.32 Å². The fourth-order valence-corrected chi connectivity index (χ4v) is 2.64. The zero-order chi connectivity index (χ0) is 15.0. The quantitative estimate of drug-likeness (QED) is 0.695. The largest absolute Gasteiger partial charge is 0.350 e. The normalized spacial score (nSPS) is 17.0. The van der Waals surface area contributed by atoms with Crippen LogP contribution < -0.4 is 5.32 Å². The third kappa shape index (κ3) is 2.20. The van der Waals surface area contributed by atoms with Crippen molar-refractivity contribution < 1.29 is 9.59 Å². The molecule has 0 spiro atoms. The summed E-state index contributed by atoms with van der Waals surface area (Å²) < 4.78 is 2.01. The van der Waals surface area contributed by atoms with Crippen LogP contribution in [-0.4, -0.2) is 28.0 Å². The Hall–Kier alpha value is -2.56. The lowest BCUT2D eigenvalue weighted by atomic mass is 10.1. The van der Waals surface area contributed by atoms with Crippen LogP contribution >= 0.6 is 0 Å². The molecule has 2 heterocycles. The highest BCUT2D eigenvalue weighted by Crippen LogP contribution is 2.23. The van der Waals surface area contributed by atoms with E-state index in [0.29, 0.717) is 12.2 Å². The molecule has 1 aliphatic heterocycles. The number of carbonyl (C=O) groups excluding carboxylic acids is 2. The van der Waals surface area contributed by atoms with Crippen LogP contribution in [0.1, 0.15) is 18.9 Å². The van der Waals surface area contributed by atoms with Crippen LogP contribution in [0.5, 0.6) is 0 Å². The van der Waals surface area contributed by atoms with Gasteiger partial charge in [0.15, 0.2) is 0 Å². The van der Waals surface area contributed by atoms with Gasteiger partial charge in [-0.1, -0.05) is 25.1 Å². The van der Waals surface area contributed by atoms with Gasteiger partial charge in [0.2, 0.25) is 0 Å². The molecule has 1 N–H and O–H groups in total. The fraction of sp³-hybridized carbons (Fsp3) is 0.250. The second-order valence-electron chi connectivity index (χ2n) is 5.16. The van der Waals surface area contributed by atoms with E-state index < -0.39 is 0 Å². The maximum atomic E-state index is 12.2. The number of benzene rings is 1. The third-order valence-corrected chi connectivity index (χ3v) is 3.64. The van der Waals surface area contributed by atoms with Gasteiger partial charge in [-0.2, -0.15) is 0 Å². The van der Waals surface area contributed by atoms with Crippen LogP contribution in [0.25, 0.3) is 17.0 Å². The number of aromatic nitrogens is 1. The molecule has 0 aliphatic carbocycles. The maximum Gasteiger partial charge on any atom is 0.329 e. The van der Waals surface area contributed by atoms with E-state index in [-0.39, 0.29) is 11.9 Å². The maximum absolute atomic E-state index is 12.2. The molecule has 5 heteroatoms. The van der Waals surface area contributed by atoms with Gasteiger partial charge in [-0.25, -0.2) is 4.79 Å². The van der Waals surface area contributed by atoms with Gasteiger partial charge in [0, 0.05) is 36.3 Å². The summed E-state index contributed by atoms with van der Waals surface area (Å²) in [6, 6.07) is 7.63. The molecule has 1 saturated heterocycles. The number of urea groups is 1. The van der Waals surface area contributed by atoms with E-state index >= 15 is 0 Å². The molecule has 1 aromatic carbocycles. The minimum atomic E-state index is -0.340. The van der Waals surface area contributed by atoms with Gasteiger partial charge < -0.3 is 9.88 Å². The Labute approximate surface area is 122 Å². The molecule has 0 bridgehead atoms. The van der Waals surface area contributed by atoms with Crippen molar-refractivity contribution in [3.05, 3.63) is 41.7 Å². The molecule has 0 unspecified atom stereocenters. The Morgan fingerprint density at radius 1 is 1.24 bits per heavy atom. The molecule has 3 rings (SSSR count). The lowest BCUT2D eigenvalue weighted by molar-refractivity contribution is -0.122. The fourth-order valence-electron chi connectivity index (χ4n) is 2.64. The van der Waals surface area contributed by atoms with Gasteiger partial charge in [0.25, 0.3) is 5.91 Å².